The van der Waals surface area contributed by atoms with Crippen molar-refractivity contribution in [1.82, 2.24) is 19.9 Å². The van der Waals surface area contributed by atoms with Crippen molar-refractivity contribution in [2.75, 3.05) is 0 Å². The molecule has 0 aromatic carbocycles. The molecule has 84 valence electrons. The molecule has 0 amide bonds. The Balaban J connectivity index is 2.11. The lowest BCUT2D eigenvalue weighted by atomic mass is 10.4. The fourth-order valence-electron chi connectivity index (χ4n) is 1.20. The van der Waals surface area contributed by atoms with Gasteiger partial charge in [0.1, 0.15) is 6.54 Å². The summed E-state index contributed by atoms with van der Waals surface area (Å²) in [6.07, 6.45) is 3.39. The zero-order valence-electron chi connectivity index (χ0n) is 8.62. The van der Waals surface area contributed by atoms with Crippen molar-refractivity contribution in [2.24, 2.45) is 0 Å². The van der Waals surface area contributed by atoms with Crippen LogP contribution in [0.15, 0.2) is 16.9 Å². The van der Waals surface area contributed by atoms with Gasteiger partial charge in [0, 0.05) is 12.6 Å². The number of carboxylic acid groups (broad SMARTS) is 1. The average Bonchev–Trinajstić information content (AvgIpc) is 2.87. The van der Waals surface area contributed by atoms with Gasteiger partial charge in [0.2, 0.25) is 5.89 Å². The second kappa shape index (κ2) is 4.13. The van der Waals surface area contributed by atoms with Crippen LogP contribution >= 0.6 is 0 Å². The molecule has 0 bridgehead atoms. The van der Waals surface area contributed by atoms with Crippen LogP contribution < -0.4 is 0 Å². The SMILES string of the molecule is CCc1noc(Cn2cc(C(=O)O)cn2)n1. The maximum Gasteiger partial charge on any atom is 0.338 e. The van der Waals surface area contributed by atoms with Gasteiger partial charge < -0.3 is 9.63 Å². The third-order valence-corrected chi connectivity index (χ3v) is 2.00. The number of carboxylic acids is 1. The van der Waals surface area contributed by atoms with Gasteiger partial charge in [-0.25, -0.2) is 4.79 Å². The Morgan fingerprint density at radius 2 is 2.44 bits per heavy atom. The highest BCUT2D eigenvalue weighted by atomic mass is 16.5. The molecule has 2 heterocycles. The summed E-state index contributed by atoms with van der Waals surface area (Å²) < 4.78 is 6.40. The van der Waals surface area contributed by atoms with Crippen molar-refractivity contribution in [3.63, 3.8) is 0 Å². The number of aryl methyl sites for hydroxylation is 1. The highest BCUT2D eigenvalue weighted by Crippen LogP contribution is 2.03. The average molecular weight is 222 g/mol. The minimum Gasteiger partial charge on any atom is -0.478 e. The van der Waals surface area contributed by atoms with E-state index in [2.05, 4.69) is 15.2 Å². The van der Waals surface area contributed by atoms with Crippen LogP contribution in [0, 0.1) is 0 Å². The minimum absolute atomic E-state index is 0.134. The molecule has 1 N–H and O–H groups in total. The molecule has 0 unspecified atom stereocenters. The first-order valence-electron chi connectivity index (χ1n) is 4.76. The summed E-state index contributed by atoms with van der Waals surface area (Å²) in [5, 5.41) is 16.3. The molecule has 2 aromatic rings. The second-order valence-corrected chi connectivity index (χ2v) is 3.19. The maximum absolute atomic E-state index is 10.6. The number of nitrogens with zero attached hydrogens (tertiary/aromatic N) is 4. The number of aromatic nitrogens is 4. The van der Waals surface area contributed by atoms with E-state index in [0.29, 0.717) is 18.1 Å². The fourth-order valence-corrected chi connectivity index (χ4v) is 1.20. The lowest BCUT2D eigenvalue weighted by Gasteiger charge is -1.93. The van der Waals surface area contributed by atoms with E-state index in [1.165, 1.54) is 17.1 Å². The topological polar surface area (TPSA) is 94.0 Å². The van der Waals surface area contributed by atoms with Crippen LogP contribution in [0.2, 0.25) is 0 Å². The predicted molar refractivity (Wildman–Crippen MR) is 52.0 cm³/mol. The van der Waals surface area contributed by atoms with Crippen LogP contribution in [0.1, 0.15) is 29.0 Å². The molecule has 0 spiro atoms. The Bertz CT molecular complexity index is 502. The van der Waals surface area contributed by atoms with Crippen LogP contribution in [-0.4, -0.2) is 31.0 Å². The molecular weight excluding hydrogens is 212 g/mol. The van der Waals surface area contributed by atoms with Crippen molar-refractivity contribution in [1.29, 1.82) is 0 Å². The summed E-state index contributed by atoms with van der Waals surface area (Å²) in [5.41, 5.74) is 0.134. The number of aromatic carboxylic acids is 1. The van der Waals surface area contributed by atoms with Gasteiger partial charge >= 0.3 is 5.97 Å². The van der Waals surface area contributed by atoms with Gasteiger partial charge in [-0.3, -0.25) is 4.68 Å². The summed E-state index contributed by atoms with van der Waals surface area (Å²) in [4.78, 5) is 14.7. The fraction of sp³-hybridized carbons (Fsp3) is 0.333. The minimum atomic E-state index is -1.01. The normalized spacial score (nSPS) is 10.6. The van der Waals surface area contributed by atoms with E-state index in [1.807, 2.05) is 6.92 Å². The molecule has 0 radical (unpaired) electrons. The third kappa shape index (κ3) is 2.08. The molecule has 0 fully saturated rings. The van der Waals surface area contributed by atoms with Crippen LogP contribution in [0.25, 0.3) is 0 Å². The zero-order chi connectivity index (χ0) is 11.5. The van der Waals surface area contributed by atoms with Crippen LogP contribution in [0.5, 0.6) is 0 Å². The lowest BCUT2D eigenvalue weighted by molar-refractivity contribution is 0.0696. The summed E-state index contributed by atoms with van der Waals surface area (Å²) in [6.45, 7) is 2.20. The predicted octanol–water partition coefficient (Wildman–Crippen LogP) is 0.575. The van der Waals surface area contributed by atoms with Crippen LogP contribution in [0.3, 0.4) is 0 Å². The van der Waals surface area contributed by atoms with Crippen molar-refractivity contribution in [3.05, 3.63) is 29.7 Å². The summed E-state index contributed by atoms with van der Waals surface area (Å²) in [7, 11) is 0. The van der Waals surface area contributed by atoms with Gasteiger partial charge in [-0.2, -0.15) is 10.1 Å². The first kappa shape index (κ1) is 10.3. The van der Waals surface area contributed by atoms with Crippen molar-refractivity contribution >= 4 is 5.97 Å². The molecule has 0 saturated heterocycles. The molecule has 0 aliphatic rings. The van der Waals surface area contributed by atoms with Crippen molar-refractivity contribution in [3.8, 4) is 0 Å². The van der Waals surface area contributed by atoms with Gasteiger partial charge in [-0.15, -0.1) is 0 Å². The van der Waals surface area contributed by atoms with Crippen molar-refractivity contribution in [2.45, 2.75) is 19.9 Å². The Morgan fingerprint density at radius 1 is 1.62 bits per heavy atom. The Morgan fingerprint density at radius 3 is 3.00 bits per heavy atom. The molecule has 0 aliphatic carbocycles. The zero-order valence-corrected chi connectivity index (χ0v) is 8.62. The first-order valence-corrected chi connectivity index (χ1v) is 4.76. The van der Waals surface area contributed by atoms with E-state index >= 15 is 0 Å². The van der Waals surface area contributed by atoms with Gasteiger partial charge in [-0.1, -0.05) is 12.1 Å². The molecule has 0 aliphatic heterocycles. The van der Waals surface area contributed by atoms with E-state index in [-0.39, 0.29) is 12.1 Å². The Hall–Kier alpha value is -2.18. The van der Waals surface area contributed by atoms with E-state index in [1.54, 1.807) is 0 Å². The number of rotatable bonds is 4. The van der Waals surface area contributed by atoms with Gasteiger partial charge in [0.05, 0.1) is 11.8 Å². The molecular formula is C9H10N4O3. The van der Waals surface area contributed by atoms with Gasteiger partial charge in [0.15, 0.2) is 5.82 Å². The second-order valence-electron chi connectivity index (χ2n) is 3.19. The van der Waals surface area contributed by atoms with Gasteiger partial charge in [0.25, 0.3) is 0 Å². The van der Waals surface area contributed by atoms with E-state index in [4.69, 9.17) is 9.63 Å². The Kier molecular flexibility index (Phi) is 2.67. The number of carbonyl (C=O) groups is 1. The smallest absolute Gasteiger partial charge is 0.338 e. The molecule has 16 heavy (non-hydrogen) atoms. The molecule has 0 atom stereocenters. The van der Waals surface area contributed by atoms with Crippen molar-refractivity contribution < 1.29 is 14.4 Å². The van der Waals surface area contributed by atoms with E-state index in [0.717, 1.165) is 0 Å². The van der Waals surface area contributed by atoms with Gasteiger partial charge in [-0.05, 0) is 0 Å². The quantitative estimate of drug-likeness (QED) is 0.812. The summed E-state index contributed by atoms with van der Waals surface area (Å²) >= 11 is 0. The number of hydrogen-bond acceptors (Lipinski definition) is 5. The number of hydrogen-bond donors (Lipinski definition) is 1. The van der Waals surface area contributed by atoms with Crippen LogP contribution in [-0.2, 0) is 13.0 Å². The highest BCUT2D eigenvalue weighted by Gasteiger charge is 2.09. The van der Waals surface area contributed by atoms with Crippen LogP contribution in [0.4, 0.5) is 0 Å². The van der Waals surface area contributed by atoms with E-state index in [9.17, 15) is 4.79 Å². The largest absolute Gasteiger partial charge is 0.478 e. The third-order valence-electron chi connectivity index (χ3n) is 2.00. The molecule has 7 nitrogen and oxygen atoms in total. The molecule has 0 saturated carbocycles. The Labute approximate surface area is 90.7 Å². The van der Waals surface area contributed by atoms with E-state index < -0.39 is 5.97 Å². The standard InChI is InChI=1S/C9H10N4O3/c1-2-7-11-8(16-12-7)5-13-4-6(3-10-13)9(14)15/h3-4H,2,5H2,1H3,(H,14,15). The monoisotopic (exact) mass is 222 g/mol. The highest BCUT2D eigenvalue weighted by molar-refractivity contribution is 5.86. The molecule has 2 aromatic heterocycles. The first-order chi connectivity index (χ1) is 7.69. The lowest BCUT2D eigenvalue weighted by Crippen LogP contribution is -2.01. The maximum atomic E-state index is 10.6. The molecule has 2 rings (SSSR count). The summed E-state index contributed by atoms with van der Waals surface area (Å²) in [5.74, 6) is 0.0310. The molecule has 7 heteroatoms. The summed E-state index contributed by atoms with van der Waals surface area (Å²) in [6, 6.07) is 0.